The lowest BCUT2D eigenvalue weighted by atomic mass is 10.3. The molecule has 0 aliphatic heterocycles. The minimum absolute atomic E-state index is 0.256. The number of halogens is 2. The second-order valence-corrected chi connectivity index (χ2v) is 4.67. The van der Waals surface area contributed by atoms with E-state index in [4.69, 9.17) is 5.14 Å². The Morgan fingerprint density at radius 2 is 2.12 bits per heavy atom. The smallest absolute Gasteiger partial charge is 0.387 e. The Morgan fingerprint density at radius 3 is 2.59 bits per heavy atom. The first-order valence-electron chi connectivity index (χ1n) is 4.70. The SMILES string of the molecule is CCNc1ccc(S(N)(=O)=O)cc1OC(F)F. The Hall–Kier alpha value is -1.41. The number of alkyl halides is 2. The maximum atomic E-state index is 12.1. The third kappa shape index (κ3) is 3.82. The Balaban J connectivity index is 3.19. The van der Waals surface area contributed by atoms with E-state index in [0.29, 0.717) is 6.54 Å². The van der Waals surface area contributed by atoms with Crippen LogP contribution in [0.1, 0.15) is 6.92 Å². The highest BCUT2D eigenvalue weighted by atomic mass is 32.2. The summed E-state index contributed by atoms with van der Waals surface area (Å²) in [6.07, 6.45) is 0. The van der Waals surface area contributed by atoms with Crippen LogP contribution in [0.3, 0.4) is 0 Å². The molecule has 96 valence electrons. The van der Waals surface area contributed by atoms with Gasteiger partial charge in [0.2, 0.25) is 10.0 Å². The molecule has 0 atom stereocenters. The van der Waals surface area contributed by atoms with E-state index in [-0.39, 0.29) is 16.3 Å². The summed E-state index contributed by atoms with van der Waals surface area (Å²) >= 11 is 0. The van der Waals surface area contributed by atoms with Crippen LogP contribution in [-0.2, 0) is 10.0 Å². The summed E-state index contributed by atoms with van der Waals surface area (Å²) in [4.78, 5) is -0.283. The third-order valence-electron chi connectivity index (χ3n) is 1.86. The van der Waals surface area contributed by atoms with Crippen LogP contribution in [0.4, 0.5) is 14.5 Å². The molecule has 1 aromatic rings. The molecule has 0 saturated carbocycles. The number of hydrogen-bond donors (Lipinski definition) is 2. The number of primary sulfonamides is 1. The predicted octanol–water partition coefficient (Wildman–Crippen LogP) is 1.37. The molecule has 1 rings (SSSR count). The van der Waals surface area contributed by atoms with Gasteiger partial charge in [-0.05, 0) is 19.1 Å². The predicted molar refractivity (Wildman–Crippen MR) is 58.6 cm³/mol. The summed E-state index contributed by atoms with van der Waals surface area (Å²) in [5.41, 5.74) is 0.278. The molecule has 0 saturated heterocycles. The number of nitrogens with one attached hydrogen (secondary N) is 1. The number of benzene rings is 1. The van der Waals surface area contributed by atoms with Crippen LogP contribution in [0.5, 0.6) is 5.75 Å². The minimum atomic E-state index is -3.95. The van der Waals surface area contributed by atoms with Gasteiger partial charge >= 0.3 is 6.61 Å². The molecule has 0 aliphatic rings. The van der Waals surface area contributed by atoms with Gasteiger partial charge < -0.3 is 10.1 Å². The molecule has 0 heterocycles. The molecular formula is C9H12F2N2O3S. The first kappa shape index (κ1) is 13.7. The van der Waals surface area contributed by atoms with Crippen LogP contribution in [0.25, 0.3) is 0 Å². The second-order valence-electron chi connectivity index (χ2n) is 3.11. The zero-order valence-electron chi connectivity index (χ0n) is 8.98. The largest absolute Gasteiger partial charge is 0.433 e. The quantitative estimate of drug-likeness (QED) is 0.843. The summed E-state index contributed by atoms with van der Waals surface area (Å²) in [5, 5.41) is 7.66. The van der Waals surface area contributed by atoms with Crippen LogP contribution < -0.4 is 15.2 Å². The molecule has 0 unspecified atom stereocenters. The lowest BCUT2D eigenvalue weighted by Crippen LogP contribution is -2.13. The van der Waals surface area contributed by atoms with Crippen molar-refractivity contribution in [2.75, 3.05) is 11.9 Å². The number of rotatable bonds is 5. The van der Waals surface area contributed by atoms with Gasteiger partial charge in [0.1, 0.15) is 0 Å². The molecule has 0 spiro atoms. The van der Waals surface area contributed by atoms with Crippen LogP contribution >= 0.6 is 0 Å². The Kier molecular flexibility index (Phi) is 4.24. The van der Waals surface area contributed by atoms with Crippen molar-refractivity contribution in [3.63, 3.8) is 0 Å². The van der Waals surface area contributed by atoms with E-state index in [1.807, 2.05) is 0 Å². The lowest BCUT2D eigenvalue weighted by molar-refractivity contribution is -0.0495. The number of hydrogen-bond acceptors (Lipinski definition) is 4. The first-order valence-corrected chi connectivity index (χ1v) is 6.24. The number of anilines is 1. The Morgan fingerprint density at radius 1 is 1.47 bits per heavy atom. The molecule has 0 aromatic heterocycles. The van der Waals surface area contributed by atoms with Crippen LogP contribution in [0.2, 0.25) is 0 Å². The molecular weight excluding hydrogens is 254 g/mol. The van der Waals surface area contributed by atoms with Crippen LogP contribution in [0, 0.1) is 0 Å². The lowest BCUT2D eigenvalue weighted by Gasteiger charge is -2.12. The van der Waals surface area contributed by atoms with Gasteiger partial charge in [-0.3, -0.25) is 0 Å². The van der Waals surface area contributed by atoms with Crippen molar-refractivity contribution in [3.8, 4) is 5.75 Å². The van der Waals surface area contributed by atoms with Crippen molar-refractivity contribution < 1.29 is 21.9 Å². The molecule has 0 aliphatic carbocycles. The Bertz CT molecular complexity index is 491. The van der Waals surface area contributed by atoms with E-state index in [2.05, 4.69) is 10.1 Å². The first-order chi connectivity index (χ1) is 7.84. The van der Waals surface area contributed by atoms with E-state index < -0.39 is 16.6 Å². The normalized spacial score (nSPS) is 11.6. The molecule has 1 aromatic carbocycles. The Labute approximate surface area is 97.6 Å². The fraction of sp³-hybridized carbons (Fsp3) is 0.333. The number of ether oxygens (including phenoxy) is 1. The van der Waals surface area contributed by atoms with Gasteiger partial charge in [-0.1, -0.05) is 0 Å². The van der Waals surface area contributed by atoms with Crippen LogP contribution in [-0.4, -0.2) is 21.6 Å². The summed E-state index contributed by atoms with van der Waals surface area (Å²) in [6, 6.07) is 3.49. The molecule has 0 fully saturated rings. The molecule has 8 heteroatoms. The molecule has 17 heavy (non-hydrogen) atoms. The van der Waals surface area contributed by atoms with E-state index in [1.54, 1.807) is 6.92 Å². The summed E-state index contributed by atoms with van der Waals surface area (Å²) < 4.78 is 50.6. The van der Waals surface area contributed by atoms with Gasteiger partial charge in [-0.15, -0.1) is 0 Å². The zero-order chi connectivity index (χ0) is 13.1. The summed E-state index contributed by atoms with van der Waals surface area (Å²) in [5.74, 6) is -0.256. The van der Waals surface area contributed by atoms with Gasteiger partial charge in [0, 0.05) is 12.6 Å². The maximum Gasteiger partial charge on any atom is 0.387 e. The van der Waals surface area contributed by atoms with E-state index in [1.165, 1.54) is 12.1 Å². The van der Waals surface area contributed by atoms with E-state index in [9.17, 15) is 17.2 Å². The van der Waals surface area contributed by atoms with Crippen molar-refractivity contribution in [2.24, 2.45) is 5.14 Å². The second kappa shape index (κ2) is 5.28. The minimum Gasteiger partial charge on any atom is -0.433 e. The van der Waals surface area contributed by atoms with E-state index in [0.717, 1.165) is 6.07 Å². The summed E-state index contributed by atoms with van der Waals surface area (Å²) in [7, 11) is -3.95. The average molecular weight is 266 g/mol. The van der Waals surface area contributed by atoms with Gasteiger partial charge in [0.15, 0.2) is 5.75 Å². The molecule has 5 nitrogen and oxygen atoms in total. The summed E-state index contributed by atoms with van der Waals surface area (Å²) in [6.45, 7) is -0.795. The van der Waals surface area contributed by atoms with Crippen molar-refractivity contribution in [3.05, 3.63) is 18.2 Å². The topological polar surface area (TPSA) is 81.4 Å². The highest BCUT2D eigenvalue weighted by Crippen LogP contribution is 2.28. The number of sulfonamides is 1. The third-order valence-corrected chi connectivity index (χ3v) is 2.78. The maximum absolute atomic E-state index is 12.1. The molecule has 0 bridgehead atoms. The highest BCUT2D eigenvalue weighted by Gasteiger charge is 2.14. The number of nitrogens with two attached hydrogens (primary N) is 1. The van der Waals surface area contributed by atoms with Gasteiger partial charge in [0.25, 0.3) is 0 Å². The van der Waals surface area contributed by atoms with Gasteiger partial charge in [-0.25, -0.2) is 13.6 Å². The van der Waals surface area contributed by atoms with Gasteiger partial charge in [-0.2, -0.15) is 8.78 Å². The fourth-order valence-corrected chi connectivity index (χ4v) is 1.74. The highest BCUT2D eigenvalue weighted by molar-refractivity contribution is 7.89. The van der Waals surface area contributed by atoms with E-state index >= 15 is 0 Å². The van der Waals surface area contributed by atoms with Crippen LogP contribution in [0.15, 0.2) is 23.1 Å². The molecule has 0 radical (unpaired) electrons. The van der Waals surface area contributed by atoms with Gasteiger partial charge in [0.05, 0.1) is 10.6 Å². The molecule has 3 N–H and O–H groups in total. The monoisotopic (exact) mass is 266 g/mol. The zero-order valence-corrected chi connectivity index (χ0v) is 9.80. The standard InChI is InChI=1S/C9H12F2N2O3S/c1-2-13-7-4-3-6(17(12,14)15)5-8(7)16-9(10)11/h3-5,9,13H,2H2,1H3,(H2,12,14,15). The van der Waals surface area contributed by atoms with Crippen molar-refractivity contribution >= 4 is 15.7 Å². The van der Waals surface area contributed by atoms with Crippen molar-refractivity contribution in [1.82, 2.24) is 0 Å². The van der Waals surface area contributed by atoms with Crippen molar-refractivity contribution in [2.45, 2.75) is 18.4 Å². The molecule has 0 amide bonds. The van der Waals surface area contributed by atoms with Crippen molar-refractivity contribution in [1.29, 1.82) is 0 Å². The fourth-order valence-electron chi connectivity index (χ4n) is 1.21. The average Bonchev–Trinajstić information content (AvgIpc) is 2.18.